The number of Topliss-reactive ketones (excluding diaryl/α,β-unsaturated/α-hetero) is 1. The average Bonchev–Trinajstić information content (AvgIpc) is 3.06. The Labute approximate surface area is 192 Å². The van der Waals surface area contributed by atoms with E-state index in [1.54, 1.807) is 24.6 Å². The Morgan fingerprint density at radius 2 is 1.85 bits per heavy atom. The first-order chi connectivity index (χ1) is 15.6. The molecule has 0 bridgehead atoms. The number of likely N-dealkylation sites (N-methyl/N-ethyl adjacent to an activating group) is 1. The molecule has 0 aromatic carbocycles. The average molecular weight is 469 g/mol. The van der Waals surface area contributed by atoms with Crippen molar-refractivity contribution >= 4 is 11.9 Å². The van der Waals surface area contributed by atoms with Crippen molar-refractivity contribution in [3.05, 3.63) is 39.3 Å². The van der Waals surface area contributed by atoms with Crippen molar-refractivity contribution in [2.24, 2.45) is 5.92 Å². The van der Waals surface area contributed by atoms with Crippen LogP contribution in [0.3, 0.4) is 0 Å². The molecule has 0 spiro atoms. The lowest BCUT2D eigenvalue weighted by molar-refractivity contribution is -0.128. The number of carbonyl (C=O) groups excluding carboxylic acids is 1. The number of aromatic nitrogens is 2. The zero-order valence-corrected chi connectivity index (χ0v) is 19.7. The normalized spacial score (nSPS) is 21.5. The van der Waals surface area contributed by atoms with Crippen LogP contribution in [0.1, 0.15) is 62.9 Å². The first kappa shape index (κ1) is 25.5. The number of halogens is 3. The van der Waals surface area contributed by atoms with E-state index in [2.05, 4.69) is 15.2 Å². The summed E-state index contributed by atoms with van der Waals surface area (Å²) < 4.78 is 42.6. The molecule has 6 nitrogen and oxygen atoms in total. The Morgan fingerprint density at radius 1 is 1.21 bits per heavy atom. The van der Waals surface area contributed by atoms with Crippen molar-refractivity contribution in [3.63, 3.8) is 0 Å². The highest BCUT2D eigenvalue weighted by Crippen LogP contribution is 2.36. The van der Waals surface area contributed by atoms with Crippen LogP contribution < -0.4 is 11.0 Å². The molecular formula is C24H35F3N4O2. The minimum absolute atomic E-state index is 0.00469. The van der Waals surface area contributed by atoms with Crippen LogP contribution in [-0.4, -0.2) is 59.4 Å². The number of aromatic amines is 1. The van der Waals surface area contributed by atoms with Crippen LogP contribution in [-0.2, 0) is 4.79 Å². The predicted octanol–water partition coefficient (Wildman–Crippen LogP) is 3.99. The molecule has 0 amide bonds. The van der Waals surface area contributed by atoms with Crippen molar-refractivity contribution in [2.75, 3.05) is 33.2 Å². The lowest BCUT2D eigenvalue weighted by atomic mass is 9.84. The Bertz CT molecular complexity index is 945. The van der Waals surface area contributed by atoms with E-state index in [1.165, 1.54) is 6.08 Å². The van der Waals surface area contributed by atoms with E-state index >= 15 is 0 Å². The summed E-state index contributed by atoms with van der Waals surface area (Å²) in [5.74, 6) is -3.18. The first-order valence-corrected chi connectivity index (χ1v) is 11.8. The zero-order valence-electron chi connectivity index (χ0n) is 19.7. The molecule has 0 unspecified atom stereocenters. The highest BCUT2D eigenvalue weighted by molar-refractivity contribution is 5.83. The minimum Gasteiger partial charge on any atom is -0.316 e. The predicted molar refractivity (Wildman–Crippen MR) is 123 cm³/mol. The molecule has 2 N–H and O–H groups in total. The van der Waals surface area contributed by atoms with Gasteiger partial charge in [-0.15, -0.1) is 0 Å². The van der Waals surface area contributed by atoms with Gasteiger partial charge in [-0.05, 0) is 52.7 Å². The molecule has 1 aliphatic carbocycles. The minimum atomic E-state index is -2.63. The van der Waals surface area contributed by atoms with Crippen molar-refractivity contribution in [2.45, 2.75) is 64.3 Å². The number of carbonyl (C=O) groups is 1. The maximum atomic E-state index is 14.2. The van der Waals surface area contributed by atoms with Crippen molar-refractivity contribution < 1.29 is 18.0 Å². The molecule has 3 rings (SSSR count). The van der Waals surface area contributed by atoms with Crippen molar-refractivity contribution in [3.8, 4) is 0 Å². The fraction of sp³-hybridized carbons (Fsp3) is 0.667. The molecular weight excluding hydrogens is 433 g/mol. The second-order valence-electron chi connectivity index (χ2n) is 9.24. The van der Waals surface area contributed by atoms with Gasteiger partial charge in [-0.3, -0.25) is 14.3 Å². The monoisotopic (exact) mass is 468 g/mol. The van der Waals surface area contributed by atoms with Gasteiger partial charge in [0, 0.05) is 55.7 Å². The molecule has 2 fully saturated rings. The summed E-state index contributed by atoms with van der Waals surface area (Å²) in [5.41, 5.74) is 1.59. The molecule has 9 heteroatoms. The number of imidazole rings is 1. The smallest absolute Gasteiger partial charge is 0.316 e. The lowest BCUT2D eigenvalue weighted by Gasteiger charge is -2.34. The van der Waals surface area contributed by atoms with Crippen LogP contribution in [0.25, 0.3) is 6.08 Å². The third kappa shape index (κ3) is 6.26. The summed E-state index contributed by atoms with van der Waals surface area (Å²) >= 11 is 0. The Balaban J connectivity index is 1.62. The van der Waals surface area contributed by atoms with Crippen molar-refractivity contribution in [1.82, 2.24) is 19.8 Å². The summed E-state index contributed by atoms with van der Waals surface area (Å²) in [6, 6.07) is -0.00469. The first-order valence-electron chi connectivity index (χ1n) is 11.8. The Kier molecular flexibility index (Phi) is 8.39. The molecule has 1 aromatic rings. The third-order valence-electron chi connectivity index (χ3n) is 6.93. The van der Waals surface area contributed by atoms with Crippen LogP contribution in [0.4, 0.5) is 13.2 Å². The topological polar surface area (TPSA) is 70.1 Å². The van der Waals surface area contributed by atoms with Crippen LogP contribution in [0.5, 0.6) is 0 Å². The van der Waals surface area contributed by atoms with Gasteiger partial charge < -0.3 is 10.3 Å². The largest absolute Gasteiger partial charge is 0.326 e. The number of allylic oxidation sites excluding steroid dienone is 1. The molecule has 1 aliphatic heterocycles. The van der Waals surface area contributed by atoms with Gasteiger partial charge in [-0.1, -0.05) is 6.08 Å². The fourth-order valence-corrected chi connectivity index (χ4v) is 4.93. The van der Waals surface area contributed by atoms with Gasteiger partial charge in [0.25, 0.3) is 0 Å². The Morgan fingerprint density at radius 3 is 2.42 bits per heavy atom. The molecule has 2 heterocycles. The number of piperidine rings is 1. The molecule has 1 saturated carbocycles. The number of rotatable bonds is 8. The van der Waals surface area contributed by atoms with Crippen LogP contribution in [0, 0.1) is 12.8 Å². The van der Waals surface area contributed by atoms with Gasteiger partial charge in [0.2, 0.25) is 5.92 Å². The fourth-order valence-electron chi connectivity index (χ4n) is 4.93. The number of nitrogens with zero attached hydrogens (tertiary/aromatic N) is 2. The second kappa shape index (κ2) is 10.9. The van der Waals surface area contributed by atoms with Gasteiger partial charge in [-0.2, -0.15) is 0 Å². The van der Waals surface area contributed by atoms with E-state index in [9.17, 15) is 22.8 Å². The quantitative estimate of drug-likeness (QED) is 0.566. The SMILES string of the molecule is C/C=C(F)\C(=C/c1[nH]c(=O)n(C2CCN(CC(=O)C3CCC(F)(F)CC3)CC2)c1C)CNC. The zero-order chi connectivity index (χ0) is 24.2. The third-order valence-corrected chi connectivity index (χ3v) is 6.93. The summed E-state index contributed by atoms with van der Waals surface area (Å²) in [4.78, 5) is 30.2. The summed E-state index contributed by atoms with van der Waals surface area (Å²) in [5, 5.41) is 2.94. The van der Waals surface area contributed by atoms with E-state index in [4.69, 9.17) is 0 Å². The second-order valence-corrected chi connectivity index (χ2v) is 9.24. The van der Waals surface area contributed by atoms with Gasteiger partial charge >= 0.3 is 5.69 Å². The summed E-state index contributed by atoms with van der Waals surface area (Å²) in [6.07, 6.45) is 4.61. The maximum absolute atomic E-state index is 14.2. The van der Waals surface area contributed by atoms with Crippen LogP contribution >= 0.6 is 0 Å². The van der Waals surface area contributed by atoms with Crippen LogP contribution in [0.2, 0.25) is 0 Å². The molecule has 0 radical (unpaired) electrons. The van der Waals surface area contributed by atoms with E-state index in [-0.39, 0.29) is 61.5 Å². The molecule has 184 valence electrons. The maximum Gasteiger partial charge on any atom is 0.326 e. The Hall–Kier alpha value is -2.13. The van der Waals surface area contributed by atoms with Crippen LogP contribution in [0.15, 0.2) is 22.3 Å². The molecule has 0 atom stereocenters. The number of hydrogen-bond acceptors (Lipinski definition) is 4. The van der Waals surface area contributed by atoms with Gasteiger partial charge in [0.05, 0.1) is 12.2 Å². The van der Waals surface area contributed by atoms with Gasteiger partial charge in [0.1, 0.15) is 11.6 Å². The number of likely N-dealkylation sites (tertiary alicyclic amines) is 1. The number of alkyl halides is 2. The molecule has 2 aliphatic rings. The van der Waals surface area contributed by atoms with E-state index in [1.807, 2.05) is 6.92 Å². The number of ketones is 1. The molecule has 1 saturated heterocycles. The number of nitrogens with one attached hydrogen (secondary N) is 2. The molecule has 1 aromatic heterocycles. The van der Waals surface area contributed by atoms with Crippen molar-refractivity contribution in [1.29, 1.82) is 0 Å². The lowest BCUT2D eigenvalue weighted by Crippen LogP contribution is -2.42. The standard InChI is InChI=1S/C24H35F3N4O2/c1-4-20(25)18(14-28-3)13-21-16(2)31(23(33)29-21)19-7-11-30(12-8-19)15-22(32)17-5-9-24(26,27)10-6-17/h4,13,17,19,28H,5-12,14-15H2,1-3H3,(H,29,33)/b18-13-,20-4+. The van der Waals surface area contributed by atoms with Gasteiger partial charge in [0.15, 0.2) is 0 Å². The number of hydrogen-bond donors (Lipinski definition) is 2. The summed E-state index contributed by atoms with van der Waals surface area (Å²) in [6.45, 7) is 5.44. The summed E-state index contributed by atoms with van der Waals surface area (Å²) in [7, 11) is 1.74. The number of H-pyrrole nitrogens is 1. The van der Waals surface area contributed by atoms with E-state index in [0.717, 1.165) is 5.69 Å². The highest BCUT2D eigenvalue weighted by atomic mass is 19.3. The van der Waals surface area contributed by atoms with E-state index < -0.39 is 5.92 Å². The molecule has 33 heavy (non-hydrogen) atoms. The highest BCUT2D eigenvalue weighted by Gasteiger charge is 2.37. The van der Waals surface area contributed by atoms with E-state index in [0.29, 0.717) is 43.7 Å². The van der Waals surface area contributed by atoms with Gasteiger partial charge in [-0.25, -0.2) is 18.0 Å².